The summed E-state index contributed by atoms with van der Waals surface area (Å²) in [6.45, 7) is 4.41. The van der Waals surface area contributed by atoms with Crippen LogP contribution >= 0.6 is 11.8 Å². The summed E-state index contributed by atoms with van der Waals surface area (Å²) >= 11 is 1.58. The fraction of sp³-hybridized carbons (Fsp3) is 0.467. The molecule has 0 radical (unpaired) electrons. The van der Waals surface area contributed by atoms with Crippen LogP contribution in [0.5, 0.6) is 0 Å². The summed E-state index contributed by atoms with van der Waals surface area (Å²) in [4.78, 5) is 26.6. The van der Waals surface area contributed by atoms with Crippen LogP contribution in [-0.2, 0) is 9.59 Å². The maximum Gasteiger partial charge on any atom is 0.238 e. The molecule has 2 N–H and O–H groups in total. The van der Waals surface area contributed by atoms with Gasteiger partial charge in [0, 0.05) is 11.4 Å². The van der Waals surface area contributed by atoms with Crippen molar-refractivity contribution in [2.45, 2.75) is 24.8 Å². The summed E-state index contributed by atoms with van der Waals surface area (Å²) in [7, 11) is 1.76. The zero-order valence-corrected chi connectivity index (χ0v) is 13.8. The van der Waals surface area contributed by atoms with Gasteiger partial charge in [0.1, 0.15) is 0 Å². The number of thioether (sulfide) groups is 1. The normalized spacial score (nSPS) is 12.0. The first-order chi connectivity index (χ1) is 9.99. The van der Waals surface area contributed by atoms with Crippen LogP contribution in [0.2, 0.25) is 0 Å². The number of amides is 2. The molecule has 1 atom stereocenters. The number of carbonyl (C=O) groups is 2. The lowest BCUT2D eigenvalue weighted by atomic mass is 10.2. The third-order valence-electron chi connectivity index (χ3n) is 3.17. The van der Waals surface area contributed by atoms with E-state index in [1.54, 1.807) is 30.6 Å². The van der Waals surface area contributed by atoms with Crippen molar-refractivity contribution in [1.82, 2.24) is 10.2 Å². The lowest BCUT2D eigenvalue weighted by Crippen LogP contribution is -2.45. The first-order valence-corrected chi connectivity index (χ1v) is 8.12. The Morgan fingerprint density at radius 2 is 2.00 bits per heavy atom. The van der Waals surface area contributed by atoms with E-state index in [1.807, 2.05) is 37.4 Å². The Morgan fingerprint density at radius 1 is 1.33 bits per heavy atom. The Balaban J connectivity index is 2.59. The molecule has 0 aliphatic heterocycles. The lowest BCUT2D eigenvalue weighted by molar-refractivity contribution is -0.126. The van der Waals surface area contributed by atoms with Gasteiger partial charge in [-0.3, -0.25) is 14.5 Å². The number of likely N-dealkylation sites (N-methyl/N-ethyl adjacent to an activating group) is 2. The molecule has 0 fully saturated rings. The van der Waals surface area contributed by atoms with Crippen LogP contribution in [0.3, 0.4) is 0 Å². The molecule has 21 heavy (non-hydrogen) atoms. The first-order valence-electron chi connectivity index (χ1n) is 6.90. The minimum Gasteiger partial charge on any atom is -0.355 e. The average molecular weight is 309 g/mol. The van der Waals surface area contributed by atoms with Crippen molar-refractivity contribution < 1.29 is 9.59 Å². The number of carbonyl (C=O) groups excluding carboxylic acids is 2. The Kier molecular flexibility index (Phi) is 7.25. The van der Waals surface area contributed by atoms with Crippen molar-refractivity contribution in [3.8, 4) is 0 Å². The molecule has 1 aromatic rings. The summed E-state index contributed by atoms with van der Waals surface area (Å²) < 4.78 is 0. The Hall–Kier alpha value is -1.53. The minimum absolute atomic E-state index is 0.0719. The Morgan fingerprint density at radius 3 is 2.62 bits per heavy atom. The summed E-state index contributed by atoms with van der Waals surface area (Å²) in [6, 6.07) is 7.31. The van der Waals surface area contributed by atoms with E-state index in [-0.39, 0.29) is 24.4 Å². The lowest BCUT2D eigenvalue weighted by Gasteiger charge is -2.23. The fourth-order valence-corrected chi connectivity index (χ4v) is 2.38. The number of anilines is 1. The topological polar surface area (TPSA) is 61.4 Å². The highest BCUT2D eigenvalue weighted by atomic mass is 32.2. The molecule has 0 unspecified atom stereocenters. The predicted octanol–water partition coefficient (Wildman–Crippen LogP) is 1.80. The molecule has 116 valence electrons. The number of nitrogens with zero attached hydrogens (tertiary/aromatic N) is 1. The van der Waals surface area contributed by atoms with Crippen molar-refractivity contribution in [2.24, 2.45) is 0 Å². The summed E-state index contributed by atoms with van der Waals surface area (Å²) in [5.74, 6) is -0.201. The van der Waals surface area contributed by atoms with Crippen LogP contribution in [0.1, 0.15) is 13.8 Å². The van der Waals surface area contributed by atoms with Gasteiger partial charge in [-0.25, -0.2) is 0 Å². The average Bonchev–Trinajstić information content (AvgIpc) is 2.47. The van der Waals surface area contributed by atoms with Gasteiger partial charge >= 0.3 is 0 Å². The van der Waals surface area contributed by atoms with E-state index < -0.39 is 0 Å². The molecule has 5 nitrogen and oxygen atoms in total. The highest BCUT2D eigenvalue weighted by Gasteiger charge is 2.19. The monoisotopic (exact) mass is 309 g/mol. The van der Waals surface area contributed by atoms with E-state index in [2.05, 4.69) is 10.6 Å². The van der Waals surface area contributed by atoms with Gasteiger partial charge in [-0.15, -0.1) is 11.8 Å². The zero-order valence-electron chi connectivity index (χ0n) is 13.0. The van der Waals surface area contributed by atoms with Crippen molar-refractivity contribution in [1.29, 1.82) is 0 Å². The Bertz CT molecular complexity index is 494. The van der Waals surface area contributed by atoms with Crippen LogP contribution in [0.15, 0.2) is 29.2 Å². The number of benzene rings is 1. The van der Waals surface area contributed by atoms with Crippen molar-refractivity contribution in [3.05, 3.63) is 24.3 Å². The number of hydrogen-bond donors (Lipinski definition) is 2. The SMILES string of the molecule is CCNC(=O)[C@@H](C)N(C)CC(=O)Nc1ccccc1SC. The predicted molar refractivity (Wildman–Crippen MR) is 87.6 cm³/mol. The van der Waals surface area contributed by atoms with Gasteiger partial charge in [-0.05, 0) is 39.3 Å². The van der Waals surface area contributed by atoms with Gasteiger partial charge in [-0.1, -0.05) is 12.1 Å². The molecule has 1 rings (SSSR count). The van der Waals surface area contributed by atoms with Crippen molar-refractivity contribution in [2.75, 3.05) is 31.7 Å². The van der Waals surface area contributed by atoms with Gasteiger partial charge in [-0.2, -0.15) is 0 Å². The quantitative estimate of drug-likeness (QED) is 0.754. The molecule has 2 amide bonds. The van der Waals surface area contributed by atoms with Gasteiger partial charge < -0.3 is 10.6 Å². The first kappa shape index (κ1) is 17.5. The molecule has 0 heterocycles. The standard InChI is InChI=1S/C15H23N3O2S/c1-5-16-15(20)11(2)18(3)10-14(19)17-12-8-6-7-9-13(12)21-4/h6-9,11H,5,10H2,1-4H3,(H,16,20)(H,17,19)/t11-/m1/s1. The fourth-order valence-electron chi connectivity index (χ4n) is 1.82. The molecule has 0 spiro atoms. The highest BCUT2D eigenvalue weighted by molar-refractivity contribution is 7.98. The van der Waals surface area contributed by atoms with Gasteiger partial charge in [0.15, 0.2) is 0 Å². The van der Waals surface area contributed by atoms with Crippen LogP contribution in [0.4, 0.5) is 5.69 Å². The molecule has 0 aliphatic carbocycles. The van der Waals surface area contributed by atoms with Crippen LogP contribution in [0, 0.1) is 0 Å². The zero-order chi connectivity index (χ0) is 15.8. The minimum atomic E-state index is -0.341. The second-order valence-corrected chi connectivity index (χ2v) is 5.58. The maximum atomic E-state index is 12.1. The number of para-hydroxylation sites is 1. The second-order valence-electron chi connectivity index (χ2n) is 4.73. The molecular formula is C15H23N3O2S. The van der Waals surface area contributed by atoms with Gasteiger partial charge in [0.25, 0.3) is 0 Å². The van der Waals surface area contributed by atoms with E-state index in [0.717, 1.165) is 10.6 Å². The molecule has 0 saturated carbocycles. The van der Waals surface area contributed by atoms with Crippen molar-refractivity contribution >= 4 is 29.3 Å². The molecule has 0 aromatic heterocycles. The molecule has 0 aliphatic rings. The van der Waals surface area contributed by atoms with E-state index in [9.17, 15) is 9.59 Å². The molecule has 6 heteroatoms. The summed E-state index contributed by atoms with van der Waals surface area (Å²) in [5, 5.41) is 5.64. The second kappa shape index (κ2) is 8.69. The molecular weight excluding hydrogens is 286 g/mol. The van der Waals surface area contributed by atoms with E-state index in [4.69, 9.17) is 0 Å². The van der Waals surface area contributed by atoms with Crippen molar-refractivity contribution in [3.63, 3.8) is 0 Å². The van der Waals surface area contributed by atoms with Crippen LogP contribution in [-0.4, -0.2) is 49.1 Å². The Labute approximate surface area is 130 Å². The van der Waals surface area contributed by atoms with E-state index in [0.29, 0.717) is 6.54 Å². The van der Waals surface area contributed by atoms with Gasteiger partial charge in [0.2, 0.25) is 11.8 Å². The maximum absolute atomic E-state index is 12.1. The van der Waals surface area contributed by atoms with E-state index in [1.165, 1.54) is 0 Å². The number of nitrogens with one attached hydrogen (secondary N) is 2. The number of hydrogen-bond acceptors (Lipinski definition) is 4. The molecule has 0 bridgehead atoms. The number of rotatable bonds is 7. The third-order valence-corrected chi connectivity index (χ3v) is 3.96. The van der Waals surface area contributed by atoms with Crippen LogP contribution in [0.25, 0.3) is 0 Å². The largest absolute Gasteiger partial charge is 0.355 e. The summed E-state index contributed by atoms with van der Waals surface area (Å²) in [6.07, 6.45) is 1.97. The molecule has 0 saturated heterocycles. The van der Waals surface area contributed by atoms with E-state index >= 15 is 0 Å². The third kappa shape index (κ3) is 5.40. The molecule has 1 aromatic carbocycles. The highest BCUT2D eigenvalue weighted by Crippen LogP contribution is 2.24. The van der Waals surface area contributed by atoms with Gasteiger partial charge in [0.05, 0.1) is 18.3 Å². The smallest absolute Gasteiger partial charge is 0.238 e. The summed E-state index contributed by atoms with van der Waals surface area (Å²) in [5.41, 5.74) is 0.800. The van der Waals surface area contributed by atoms with Crippen LogP contribution < -0.4 is 10.6 Å².